The van der Waals surface area contributed by atoms with Gasteiger partial charge in [-0.2, -0.15) is 0 Å². The van der Waals surface area contributed by atoms with Crippen molar-refractivity contribution in [1.82, 2.24) is 15.8 Å². The highest BCUT2D eigenvalue weighted by atomic mass is 127. The summed E-state index contributed by atoms with van der Waals surface area (Å²) >= 11 is 1.82. The number of hydrogen-bond donors (Lipinski definition) is 2. The number of aryl methyl sites for hydroxylation is 2. The number of piperidine rings is 1. The van der Waals surface area contributed by atoms with E-state index in [4.69, 9.17) is 9.52 Å². The van der Waals surface area contributed by atoms with Gasteiger partial charge in [0.1, 0.15) is 5.76 Å². The molecule has 150 valence electrons. The Hall–Kier alpha value is -1.29. The molecule has 0 unspecified atom stereocenters. The molecule has 0 spiro atoms. The molecular formula is C19H30IN5OS. The largest absolute Gasteiger partial charge is 0.363 e. The molecule has 0 saturated carbocycles. The predicted octanol–water partition coefficient (Wildman–Crippen LogP) is 3.74. The van der Waals surface area contributed by atoms with Crippen LogP contribution in [0.15, 0.2) is 27.0 Å². The van der Waals surface area contributed by atoms with Gasteiger partial charge in [0.25, 0.3) is 0 Å². The second kappa shape index (κ2) is 10.9. The van der Waals surface area contributed by atoms with Gasteiger partial charge >= 0.3 is 0 Å². The van der Waals surface area contributed by atoms with Crippen LogP contribution in [-0.4, -0.2) is 43.3 Å². The van der Waals surface area contributed by atoms with Gasteiger partial charge in [0.15, 0.2) is 5.96 Å². The fourth-order valence-electron chi connectivity index (χ4n) is 3.35. The third-order valence-electron chi connectivity index (χ3n) is 4.81. The molecule has 0 amide bonds. The van der Waals surface area contributed by atoms with Gasteiger partial charge in [0, 0.05) is 37.8 Å². The Morgan fingerprint density at radius 1 is 1.37 bits per heavy atom. The van der Waals surface area contributed by atoms with Crippen molar-refractivity contribution in [2.45, 2.75) is 46.1 Å². The molecule has 1 saturated heterocycles. The fraction of sp³-hybridized carbons (Fsp3) is 0.579. The third-order valence-corrected chi connectivity index (χ3v) is 5.74. The molecule has 1 aliphatic rings. The summed E-state index contributed by atoms with van der Waals surface area (Å²) in [7, 11) is 0. The molecular weight excluding hydrogens is 473 g/mol. The van der Waals surface area contributed by atoms with Crippen LogP contribution in [0.4, 0.5) is 5.00 Å². The Morgan fingerprint density at radius 3 is 2.74 bits per heavy atom. The van der Waals surface area contributed by atoms with Gasteiger partial charge in [-0.3, -0.25) is 4.99 Å². The molecule has 0 radical (unpaired) electrons. The Bertz CT molecular complexity index is 688. The quantitative estimate of drug-likeness (QED) is 0.357. The molecule has 27 heavy (non-hydrogen) atoms. The maximum Gasteiger partial charge on any atom is 0.191 e. The highest BCUT2D eigenvalue weighted by molar-refractivity contribution is 14.0. The summed E-state index contributed by atoms with van der Waals surface area (Å²) in [6.45, 7) is 9.83. The van der Waals surface area contributed by atoms with Crippen molar-refractivity contribution < 1.29 is 4.52 Å². The Morgan fingerprint density at radius 2 is 2.15 bits per heavy atom. The molecule has 6 nitrogen and oxygen atoms in total. The van der Waals surface area contributed by atoms with Crippen LogP contribution in [0.3, 0.4) is 0 Å². The first-order chi connectivity index (χ1) is 12.7. The normalized spacial score (nSPS) is 15.5. The van der Waals surface area contributed by atoms with Crippen LogP contribution >= 0.6 is 35.3 Å². The summed E-state index contributed by atoms with van der Waals surface area (Å²) in [5.41, 5.74) is 2.14. The second-order valence-electron chi connectivity index (χ2n) is 6.67. The Labute approximate surface area is 182 Å². The Balaban J connectivity index is 0.00000261. The maximum absolute atomic E-state index is 5.23. The van der Waals surface area contributed by atoms with Crippen LogP contribution in [0.2, 0.25) is 0 Å². The van der Waals surface area contributed by atoms with Crippen LogP contribution in [0.1, 0.15) is 36.8 Å². The lowest BCUT2D eigenvalue weighted by molar-refractivity contribution is 0.392. The van der Waals surface area contributed by atoms with E-state index in [-0.39, 0.29) is 24.0 Å². The lowest BCUT2D eigenvalue weighted by Gasteiger charge is -2.33. The highest BCUT2D eigenvalue weighted by Crippen LogP contribution is 2.24. The van der Waals surface area contributed by atoms with Crippen molar-refractivity contribution in [3.8, 4) is 0 Å². The van der Waals surface area contributed by atoms with E-state index in [2.05, 4.69) is 45.1 Å². The molecule has 0 aromatic carbocycles. The standard InChI is InChI=1S/C19H29N5OS.HI/c1-4-20-19(21-10-7-17-14(2)23-25-15(17)3)22-16-8-11-24(12-9-16)18-6-5-13-26-18;/h5-6,13,16H,4,7-12H2,1-3H3,(H2,20,21,22);1H. The minimum Gasteiger partial charge on any atom is -0.363 e. The number of hydrogen-bond acceptors (Lipinski definition) is 5. The van der Waals surface area contributed by atoms with Crippen LogP contribution in [0.5, 0.6) is 0 Å². The third kappa shape index (κ3) is 6.10. The first-order valence-corrected chi connectivity index (χ1v) is 10.3. The molecule has 3 heterocycles. The van der Waals surface area contributed by atoms with E-state index in [0.717, 1.165) is 62.9 Å². The first kappa shape index (κ1) is 22.0. The summed E-state index contributed by atoms with van der Waals surface area (Å²) in [4.78, 5) is 7.22. The number of anilines is 1. The van der Waals surface area contributed by atoms with Crippen LogP contribution < -0.4 is 15.5 Å². The fourth-order valence-corrected chi connectivity index (χ4v) is 4.13. The molecule has 8 heteroatoms. The topological polar surface area (TPSA) is 65.7 Å². The molecule has 0 aliphatic carbocycles. The van der Waals surface area contributed by atoms with E-state index >= 15 is 0 Å². The second-order valence-corrected chi connectivity index (χ2v) is 7.60. The van der Waals surface area contributed by atoms with Crippen LogP contribution in [0.25, 0.3) is 0 Å². The van der Waals surface area contributed by atoms with E-state index in [1.807, 2.05) is 25.2 Å². The van der Waals surface area contributed by atoms with Gasteiger partial charge in [-0.15, -0.1) is 35.3 Å². The average molecular weight is 503 g/mol. The van der Waals surface area contributed by atoms with Gasteiger partial charge in [-0.25, -0.2) is 0 Å². The van der Waals surface area contributed by atoms with E-state index in [1.165, 1.54) is 10.6 Å². The minimum atomic E-state index is 0. The van der Waals surface area contributed by atoms with Crippen molar-refractivity contribution in [1.29, 1.82) is 0 Å². The molecule has 2 N–H and O–H groups in total. The van der Waals surface area contributed by atoms with Crippen molar-refractivity contribution in [3.05, 3.63) is 34.5 Å². The molecule has 1 aliphatic heterocycles. The highest BCUT2D eigenvalue weighted by Gasteiger charge is 2.20. The lowest BCUT2D eigenvalue weighted by atomic mass is 10.1. The molecule has 2 aromatic heterocycles. The van der Waals surface area contributed by atoms with Crippen LogP contribution in [0, 0.1) is 13.8 Å². The van der Waals surface area contributed by atoms with E-state index in [1.54, 1.807) is 0 Å². The Kier molecular flexibility index (Phi) is 8.88. The number of nitrogens with zero attached hydrogens (tertiary/aromatic N) is 3. The average Bonchev–Trinajstić information content (AvgIpc) is 3.28. The summed E-state index contributed by atoms with van der Waals surface area (Å²) < 4.78 is 5.23. The monoisotopic (exact) mass is 503 g/mol. The molecule has 1 fully saturated rings. The molecule has 2 aromatic rings. The summed E-state index contributed by atoms with van der Waals surface area (Å²) in [5, 5.41) is 14.5. The summed E-state index contributed by atoms with van der Waals surface area (Å²) in [5.74, 6) is 1.81. The van der Waals surface area contributed by atoms with Crippen molar-refractivity contribution >= 4 is 46.3 Å². The van der Waals surface area contributed by atoms with E-state index in [9.17, 15) is 0 Å². The number of nitrogens with one attached hydrogen (secondary N) is 2. The summed E-state index contributed by atoms with van der Waals surface area (Å²) in [6, 6.07) is 4.81. The molecule has 3 rings (SSSR count). The molecule has 0 atom stereocenters. The summed E-state index contributed by atoms with van der Waals surface area (Å²) in [6.07, 6.45) is 3.12. The van der Waals surface area contributed by atoms with Crippen molar-refractivity contribution in [2.24, 2.45) is 4.99 Å². The number of guanidine groups is 1. The van der Waals surface area contributed by atoms with E-state index in [0.29, 0.717) is 6.04 Å². The van der Waals surface area contributed by atoms with Gasteiger partial charge in [-0.05, 0) is 57.5 Å². The SMILES string of the molecule is CCNC(=NCCc1c(C)noc1C)NC1CCN(c2cccs2)CC1.I. The number of aliphatic imine (C=N–C) groups is 1. The molecule has 0 bridgehead atoms. The first-order valence-electron chi connectivity index (χ1n) is 9.42. The smallest absolute Gasteiger partial charge is 0.191 e. The lowest BCUT2D eigenvalue weighted by Crippen LogP contribution is -2.48. The van der Waals surface area contributed by atoms with Gasteiger partial charge in [0.05, 0.1) is 10.7 Å². The van der Waals surface area contributed by atoms with E-state index < -0.39 is 0 Å². The van der Waals surface area contributed by atoms with Gasteiger partial charge in [0.2, 0.25) is 0 Å². The van der Waals surface area contributed by atoms with Gasteiger partial charge < -0.3 is 20.1 Å². The maximum atomic E-state index is 5.23. The zero-order chi connectivity index (χ0) is 18.4. The number of thiophene rings is 1. The number of aromatic nitrogens is 1. The van der Waals surface area contributed by atoms with Crippen molar-refractivity contribution in [3.63, 3.8) is 0 Å². The van der Waals surface area contributed by atoms with Gasteiger partial charge in [-0.1, -0.05) is 5.16 Å². The number of rotatable bonds is 6. The predicted molar refractivity (Wildman–Crippen MR) is 124 cm³/mol. The van der Waals surface area contributed by atoms with Crippen LogP contribution in [-0.2, 0) is 6.42 Å². The zero-order valence-electron chi connectivity index (χ0n) is 16.3. The van der Waals surface area contributed by atoms with Crippen molar-refractivity contribution in [2.75, 3.05) is 31.1 Å². The minimum absolute atomic E-state index is 0. The number of halogens is 1. The zero-order valence-corrected chi connectivity index (χ0v) is 19.5.